The molecule has 0 radical (unpaired) electrons. The number of anilines is 1. The van der Waals surface area contributed by atoms with Crippen molar-refractivity contribution in [3.05, 3.63) is 103 Å². The Morgan fingerprint density at radius 1 is 1.10 bits per heavy atom. The van der Waals surface area contributed by atoms with E-state index in [-0.39, 0.29) is 6.04 Å². The maximum absolute atomic E-state index is 5.01. The number of aliphatic imine (C=N–C) groups is 1. The lowest BCUT2D eigenvalue weighted by molar-refractivity contribution is 0.637. The summed E-state index contributed by atoms with van der Waals surface area (Å²) in [6.07, 6.45) is 24.9. The number of nitrogens with zero attached hydrogens (tertiary/aromatic N) is 4. The second kappa shape index (κ2) is 11.6. The van der Waals surface area contributed by atoms with Crippen molar-refractivity contribution in [3.63, 3.8) is 0 Å². The van der Waals surface area contributed by atoms with E-state index in [4.69, 9.17) is 4.98 Å². The first-order chi connectivity index (χ1) is 14.6. The average Bonchev–Trinajstić information content (AvgIpc) is 3.21. The highest BCUT2D eigenvalue weighted by molar-refractivity contribution is 5.73. The van der Waals surface area contributed by atoms with Crippen LogP contribution in [0.1, 0.15) is 44.6 Å². The third kappa shape index (κ3) is 4.95. The summed E-state index contributed by atoms with van der Waals surface area (Å²) in [7, 11) is 0. The highest BCUT2D eigenvalue weighted by atomic mass is 15.4. The molecule has 0 aromatic carbocycles. The van der Waals surface area contributed by atoms with Crippen LogP contribution in [0, 0.1) is 0 Å². The molecule has 2 heterocycles. The fourth-order valence-corrected chi connectivity index (χ4v) is 3.44. The minimum Gasteiger partial charge on any atom is -0.305 e. The molecule has 1 aromatic heterocycles. The molecule has 1 aromatic rings. The fourth-order valence-electron chi connectivity index (χ4n) is 3.44. The first-order valence-corrected chi connectivity index (χ1v) is 10.3. The average molecular weight is 401 g/mol. The van der Waals surface area contributed by atoms with Crippen LogP contribution in [0.2, 0.25) is 0 Å². The third-order valence-corrected chi connectivity index (χ3v) is 4.66. The Morgan fingerprint density at radius 2 is 1.90 bits per heavy atom. The molecule has 30 heavy (non-hydrogen) atoms. The maximum Gasteiger partial charge on any atom is 0.217 e. The molecular formula is C26H32N4. The number of imidazole rings is 1. The van der Waals surface area contributed by atoms with Crippen LogP contribution in [-0.4, -0.2) is 15.8 Å². The SMILES string of the molecule is C=C/C=C\C=C1/C(C)n2c(nc(/C=C\C=CC)c2CCC)N1C(=C/C=C)/N=C\C=C. The Bertz CT molecular complexity index is 948. The second-order valence-electron chi connectivity index (χ2n) is 6.75. The number of hydrogen-bond donors (Lipinski definition) is 0. The van der Waals surface area contributed by atoms with Gasteiger partial charge in [-0.25, -0.2) is 9.98 Å². The first kappa shape index (κ1) is 22.9. The number of aromatic nitrogens is 2. The smallest absolute Gasteiger partial charge is 0.217 e. The Morgan fingerprint density at radius 3 is 2.53 bits per heavy atom. The number of allylic oxidation sites excluding steroid dienone is 11. The van der Waals surface area contributed by atoms with Gasteiger partial charge in [0.15, 0.2) is 0 Å². The second-order valence-corrected chi connectivity index (χ2v) is 6.75. The molecule has 0 fully saturated rings. The minimum atomic E-state index is 0.111. The van der Waals surface area contributed by atoms with Gasteiger partial charge in [0.05, 0.1) is 17.4 Å². The van der Waals surface area contributed by atoms with Crippen molar-refractivity contribution < 1.29 is 0 Å². The molecule has 0 spiro atoms. The maximum atomic E-state index is 5.01. The van der Waals surface area contributed by atoms with Gasteiger partial charge in [-0.1, -0.05) is 81.7 Å². The van der Waals surface area contributed by atoms with E-state index in [1.807, 2.05) is 43.4 Å². The molecule has 4 nitrogen and oxygen atoms in total. The summed E-state index contributed by atoms with van der Waals surface area (Å²) < 4.78 is 2.31. The normalized spacial score (nSPS) is 18.5. The Labute approximate surface area is 181 Å². The fraction of sp³-hybridized carbons (Fsp3) is 0.231. The van der Waals surface area contributed by atoms with Gasteiger partial charge < -0.3 is 4.57 Å². The molecule has 0 bridgehead atoms. The van der Waals surface area contributed by atoms with Gasteiger partial charge in [0.2, 0.25) is 5.95 Å². The minimum absolute atomic E-state index is 0.111. The van der Waals surface area contributed by atoms with Crippen LogP contribution in [0.3, 0.4) is 0 Å². The molecule has 4 heteroatoms. The van der Waals surface area contributed by atoms with Crippen molar-refractivity contribution in [3.8, 4) is 0 Å². The van der Waals surface area contributed by atoms with Gasteiger partial charge in [-0.3, -0.25) is 4.90 Å². The van der Waals surface area contributed by atoms with Crippen LogP contribution in [0.25, 0.3) is 6.08 Å². The number of fused-ring (bicyclic) bond motifs is 1. The lowest BCUT2D eigenvalue weighted by atomic mass is 10.1. The molecule has 0 aliphatic carbocycles. The zero-order chi connectivity index (χ0) is 21.9. The van der Waals surface area contributed by atoms with Crippen LogP contribution >= 0.6 is 0 Å². The zero-order valence-electron chi connectivity index (χ0n) is 18.3. The molecule has 1 aliphatic rings. The summed E-state index contributed by atoms with van der Waals surface area (Å²) in [6.45, 7) is 17.8. The molecule has 1 atom stereocenters. The summed E-state index contributed by atoms with van der Waals surface area (Å²) in [5.41, 5.74) is 3.31. The van der Waals surface area contributed by atoms with Crippen LogP contribution in [-0.2, 0) is 6.42 Å². The van der Waals surface area contributed by atoms with E-state index in [2.05, 4.69) is 60.2 Å². The van der Waals surface area contributed by atoms with Crippen molar-refractivity contribution in [2.75, 3.05) is 4.90 Å². The summed E-state index contributed by atoms with van der Waals surface area (Å²) >= 11 is 0. The van der Waals surface area contributed by atoms with Crippen LogP contribution < -0.4 is 4.90 Å². The first-order valence-electron chi connectivity index (χ1n) is 10.3. The van der Waals surface area contributed by atoms with Crippen molar-refractivity contribution in [2.45, 2.75) is 39.7 Å². The van der Waals surface area contributed by atoms with Gasteiger partial charge in [0.25, 0.3) is 0 Å². The highest BCUT2D eigenvalue weighted by Gasteiger charge is 2.36. The largest absolute Gasteiger partial charge is 0.305 e. The molecule has 0 saturated heterocycles. The number of hydrogen-bond acceptors (Lipinski definition) is 3. The van der Waals surface area contributed by atoms with Crippen molar-refractivity contribution in [1.82, 2.24) is 9.55 Å². The van der Waals surface area contributed by atoms with Gasteiger partial charge in [-0.15, -0.1) is 0 Å². The summed E-state index contributed by atoms with van der Waals surface area (Å²) in [4.78, 5) is 11.7. The van der Waals surface area contributed by atoms with E-state index in [1.54, 1.807) is 24.4 Å². The predicted octanol–water partition coefficient (Wildman–Crippen LogP) is 6.72. The molecule has 156 valence electrons. The van der Waals surface area contributed by atoms with Gasteiger partial charge in [-0.2, -0.15) is 0 Å². The number of rotatable bonds is 10. The van der Waals surface area contributed by atoms with Crippen LogP contribution in [0.4, 0.5) is 5.95 Å². The zero-order valence-corrected chi connectivity index (χ0v) is 18.3. The van der Waals surface area contributed by atoms with E-state index < -0.39 is 0 Å². The predicted molar refractivity (Wildman–Crippen MR) is 132 cm³/mol. The Hall–Kier alpha value is -3.40. The lowest BCUT2D eigenvalue weighted by Crippen LogP contribution is -2.19. The summed E-state index contributed by atoms with van der Waals surface area (Å²) in [5.74, 6) is 1.60. The monoisotopic (exact) mass is 400 g/mol. The molecule has 2 rings (SSSR count). The van der Waals surface area contributed by atoms with E-state index in [0.29, 0.717) is 0 Å². The molecule has 1 unspecified atom stereocenters. The molecule has 0 amide bonds. The van der Waals surface area contributed by atoms with E-state index in [0.717, 1.165) is 36.0 Å². The van der Waals surface area contributed by atoms with Crippen LogP contribution in [0.15, 0.2) is 97.0 Å². The van der Waals surface area contributed by atoms with Gasteiger partial charge in [0.1, 0.15) is 5.82 Å². The topological polar surface area (TPSA) is 33.4 Å². The molecule has 0 saturated carbocycles. The third-order valence-electron chi connectivity index (χ3n) is 4.66. The quantitative estimate of drug-likeness (QED) is 0.323. The molecule has 0 N–H and O–H groups in total. The summed E-state index contributed by atoms with van der Waals surface area (Å²) in [5, 5.41) is 0. The standard InChI is InChI=1S/C26H32N4/c1-7-12-14-18-22-24(16-9-3)29-21(6)23(19-15-13-8-2)30(26(29)28-22)25(17-10-4)27-20-11-5/h7-8,10-15,17-21H,2,4-5,9,16H2,1,3,6H3/b12-7?,15-13-,18-14-,23-19+,25-17+,27-20-. The van der Waals surface area contributed by atoms with E-state index in [1.165, 1.54) is 5.69 Å². The Kier molecular flexibility index (Phi) is 8.82. The molecular weight excluding hydrogens is 368 g/mol. The van der Waals surface area contributed by atoms with Gasteiger partial charge >= 0.3 is 0 Å². The van der Waals surface area contributed by atoms with Gasteiger partial charge in [0, 0.05) is 11.9 Å². The Balaban J connectivity index is 2.74. The van der Waals surface area contributed by atoms with E-state index >= 15 is 0 Å². The summed E-state index contributed by atoms with van der Waals surface area (Å²) in [6, 6.07) is 0.111. The van der Waals surface area contributed by atoms with Crippen LogP contribution in [0.5, 0.6) is 0 Å². The molecule has 1 aliphatic heterocycles. The van der Waals surface area contributed by atoms with Crippen molar-refractivity contribution in [2.24, 2.45) is 4.99 Å². The van der Waals surface area contributed by atoms with Gasteiger partial charge in [-0.05, 0) is 38.5 Å². The highest BCUT2D eigenvalue weighted by Crippen LogP contribution is 2.42. The van der Waals surface area contributed by atoms with E-state index in [9.17, 15) is 0 Å². The lowest BCUT2D eigenvalue weighted by Gasteiger charge is -2.20. The van der Waals surface area contributed by atoms with Crippen molar-refractivity contribution >= 4 is 18.2 Å². The van der Waals surface area contributed by atoms with Crippen molar-refractivity contribution in [1.29, 1.82) is 0 Å².